The lowest BCUT2D eigenvalue weighted by Crippen LogP contribution is -2.55. The first-order valence-electron chi connectivity index (χ1n) is 7.35. The summed E-state index contributed by atoms with van der Waals surface area (Å²) in [6.45, 7) is 7.97. The molecule has 1 rings (SSSR count). The molecule has 0 aliphatic heterocycles. The van der Waals surface area contributed by atoms with E-state index in [1.54, 1.807) is 7.11 Å². The van der Waals surface area contributed by atoms with Crippen molar-refractivity contribution >= 4 is 5.97 Å². The third kappa shape index (κ3) is 3.93. The SMILES string of the molecule is CCC(C)(C)C1CCC(NCCOC)(C(=O)O)CC1. The maximum Gasteiger partial charge on any atom is 0.323 e. The third-order valence-corrected chi connectivity index (χ3v) is 5.03. The second kappa shape index (κ2) is 6.71. The lowest BCUT2D eigenvalue weighted by Gasteiger charge is -2.43. The highest BCUT2D eigenvalue weighted by molar-refractivity contribution is 5.78. The van der Waals surface area contributed by atoms with E-state index in [1.165, 1.54) is 0 Å². The van der Waals surface area contributed by atoms with Crippen molar-refractivity contribution in [2.45, 2.75) is 58.4 Å². The van der Waals surface area contributed by atoms with Gasteiger partial charge in [0.15, 0.2) is 0 Å². The van der Waals surface area contributed by atoms with Crippen molar-refractivity contribution in [1.82, 2.24) is 5.32 Å². The lowest BCUT2D eigenvalue weighted by molar-refractivity contribution is -0.147. The van der Waals surface area contributed by atoms with Crippen molar-refractivity contribution in [3.8, 4) is 0 Å². The number of ether oxygens (including phenoxy) is 1. The number of carbonyl (C=O) groups is 1. The molecule has 1 fully saturated rings. The summed E-state index contributed by atoms with van der Waals surface area (Å²) >= 11 is 0. The Kier molecular flexibility index (Phi) is 5.81. The Morgan fingerprint density at radius 2 is 2.00 bits per heavy atom. The van der Waals surface area contributed by atoms with Crippen LogP contribution in [0.4, 0.5) is 0 Å². The zero-order valence-electron chi connectivity index (χ0n) is 12.8. The van der Waals surface area contributed by atoms with Gasteiger partial charge in [-0.1, -0.05) is 27.2 Å². The third-order valence-electron chi connectivity index (χ3n) is 5.03. The molecule has 0 heterocycles. The summed E-state index contributed by atoms with van der Waals surface area (Å²) in [6, 6.07) is 0. The molecule has 0 aromatic carbocycles. The number of hydrogen-bond donors (Lipinski definition) is 2. The van der Waals surface area contributed by atoms with Crippen LogP contribution in [0, 0.1) is 11.3 Å². The minimum absolute atomic E-state index is 0.317. The molecule has 0 aromatic rings. The van der Waals surface area contributed by atoms with Gasteiger partial charge in [-0.25, -0.2) is 0 Å². The minimum Gasteiger partial charge on any atom is -0.480 e. The van der Waals surface area contributed by atoms with Crippen molar-refractivity contribution in [1.29, 1.82) is 0 Å². The molecule has 2 N–H and O–H groups in total. The van der Waals surface area contributed by atoms with Crippen LogP contribution >= 0.6 is 0 Å². The Bertz CT molecular complexity index is 294. The average Bonchev–Trinajstić information content (AvgIpc) is 2.39. The molecule has 0 radical (unpaired) electrons. The van der Waals surface area contributed by atoms with E-state index in [2.05, 4.69) is 26.1 Å². The Hall–Kier alpha value is -0.610. The fraction of sp³-hybridized carbons (Fsp3) is 0.933. The van der Waals surface area contributed by atoms with Gasteiger partial charge in [0.25, 0.3) is 0 Å². The standard InChI is InChI=1S/C15H29NO3/c1-5-14(2,3)12-6-8-15(9-7-12,13(17)18)16-10-11-19-4/h12,16H,5-11H2,1-4H3,(H,17,18). The smallest absolute Gasteiger partial charge is 0.323 e. The van der Waals surface area contributed by atoms with Gasteiger partial charge in [0, 0.05) is 13.7 Å². The van der Waals surface area contributed by atoms with E-state index < -0.39 is 11.5 Å². The van der Waals surface area contributed by atoms with Crippen LogP contribution in [0.1, 0.15) is 52.9 Å². The number of rotatable bonds is 7. The highest BCUT2D eigenvalue weighted by Crippen LogP contribution is 2.43. The van der Waals surface area contributed by atoms with Crippen molar-refractivity contribution < 1.29 is 14.6 Å². The van der Waals surface area contributed by atoms with Gasteiger partial charge in [0.05, 0.1) is 6.61 Å². The van der Waals surface area contributed by atoms with Crippen LogP contribution in [-0.2, 0) is 9.53 Å². The Balaban J connectivity index is 2.62. The maximum absolute atomic E-state index is 11.6. The largest absolute Gasteiger partial charge is 0.480 e. The number of nitrogens with one attached hydrogen (secondary N) is 1. The van der Waals surface area contributed by atoms with E-state index in [0.29, 0.717) is 24.5 Å². The molecule has 19 heavy (non-hydrogen) atoms. The van der Waals surface area contributed by atoms with E-state index in [0.717, 1.165) is 32.1 Å². The van der Waals surface area contributed by atoms with Crippen LogP contribution in [0.25, 0.3) is 0 Å². The summed E-state index contributed by atoms with van der Waals surface area (Å²) in [5.74, 6) is -0.0782. The summed E-state index contributed by atoms with van der Waals surface area (Å²) in [5.41, 5.74) is -0.421. The molecule has 0 atom stereocenters. The molecule has 4 nitrogen and oxygen atoms in total. The summed E-state index contributed by atoms with van der Waals surface area (Å²) in [5, 5.41) is 12.7. The Morgan fingerprint density at radius 1 is 1.42 bits per heavy atom. The van der Waals surface area contributed by atoms with Crippen LogP contribution in [0.5, 0.6) is 0 Å². The zero-order chi connectivity index (χ0) is 14.5. The molecule has 0 saturated heterocycles. The summed E-state index contributed by atoms with van der Waals surface area (Å²) < 4.78 is 4.99. The number of carboxylic acid groups (broad SMARTS) is 1. The van der Waals surface area contributed by atoms with Crippen molar-refractivity contribution in [3.63, 3.8) is 0 Å². The molecule has 1 aliphatic carbocycles. The molecule has 0 bridgehead atoms. The maximum atomic E-state index is 11.6. The summed E-state index contributed by atoms with van der Waals surface area (Å²) in [4.78, 5) is 11.6. The summed E-state index contributed by atoms with van der Waals surface area (Å²) in [7, 11) is 1.63. The van der Waals surface area contributed by atoms with Gasteiger partial charge in [-0.3, -0.25) is 10.1 Å². The number of methoxy groups -OCH3 is 1. The molecule has 0 amide bonds. The van der Waals surface area contributed by atoms with E-state index in [9.17, 15) is 9.90 Å². The number of hydrogen-bond acceptors (Lipinski definition) is 3. The van der Waals surface area contributed by atoms with Gasteiger partial charge in [-0.2, -0.15) is 0 Å². The molecular weight excluding hydrogens is 242 g/mol. The first-order chi connectivity index (χ1) is 8.88. The highest BCUT2D eigenvalue weighted by atomic mass is 16.5. The monoisotopic (exact) mass is 271 g/mol. The van der Waals surface area contributed by atoms with Gasteiger partial charge < -0.3 is 9.84 Å². The normalized spacial score (nSPS) is 28.3. The fourth-order valence-corrected chi connectivity index (χ4v) is 3.04. The molecular formula is C15H29NO3. The average molecular weight is 271 g/mol. The highest BCUT2D eigenvalue weighted by Gasteiger charge is 2.44. The Morgan fingerprint density at radius 3 is 2.42 bits per heavy atom. The summed E-state index contributed by atoms with van der Waals surface area (Å²) in [6.07, 6.45) is 4.58. The predicted molar refractivity (Wildman–Crippen MR) is 76.3 cm³/mol. The number of aliphatic carboxylic acids is 1. The van der Waals surface area contributed by atoms with Gasteiger partial charge >= 0.3 is 5.97 Å². The van der Waals surface area contributed by atoms with Crippen molar-refractivity contribution in [2.24, 2.45) is 11.3 Å². The fourth-order valence-electron chi connectivity index (χ4n) is 3.04. The molecule has 0 unspecified atom stereocenters. The first-order valence-corrected chi connectivity index (χ1v) is 7.35. The van der Waals surface area contributed by atoms with E-state index in [1.807, 2.05) is 0 Å². The topological polar surface area (TPSA) is 58.6 Å². The molecule has 0 aromatic heterocycles. The van der Waals surface area contributed by atoms with E-state index >= 15 is 0 Å². The van der Waals surface area contributed by atoms with Gasteiger partial charge in [-0.15, -0.1) is 0 Å². The molecule has 0 spiro atoms. The van der Waals surface area contributed by atoms with E-state index in [4.69, 9.17) is 4.74 Å². The molecule has 4 heteroatoms. The van der Waals surface area contributed by atoms with Crippen LogP contribution < -0.4 is 5.32 Å². The van der Waals surface area contributed by atoms with Crippen LogP contribution in [0.3, 0.4) is 0 Å². The lowest BCUT2D eigenvalue weighted by atomic mass is 9.65. The first kappa shape index (κ1) is 16.4. The zero-order valence-corrected chi connectivity index (χ0v) is 12.8. The van der Waals surface area contributed by atoms with Gasteiger partial charge in [0.1, 0.15) is 5.54 Å². The molecule has 112 valence electrons. The molecule has 1 aliphatic rings. The minimum atomic E-state index is -0.737. The van der Waals surface area contributed by atoms with Crippen molar-refractivity contribution in [3.05, 3.63) is 0 Å². The van der Waals surface area contributed by atoms with Crippen molar-refractivity contribution in [2.75, 3.05) is 20.3 Å². The van der Waals surface area contributed by atoms with Crippen LogP contribution in [0.15, 0.2) is 0 Å². The molecule has 1 saturated carbocycles. The second-order valence-electron chi connectivity index (χ2n) is 6.42. The predicted octanol–water partition coefficient (Wildman–Crippen LogP) is 2.67. The van der Waals surface area contributed by atoms with Crippen LogP contribution in [-0.4, -0.2) is 36.9 Å². The van der Waals surface area contributed by atoms with E-state index in [-0.39, 0.29) is 0 Å². The quantitative estimate of drug-likeness (QED) is 0.699. The van der Waals surface area contributed by atoms with Gasteiger partial charge in [-0.05, 0) is 37.0 Å². The van der Waals surface area contributed by atoms with Crippen LogP contribution in [0.2, 0.25) is 0 Å². The number of carboxylic acids is 1. The Labute approximate surface area is 116 Å². The second-order valence-corrected chi connectivity index (χ2v) is 6.42. The van der Waals surface area contributed by atoms with Gasteiger partial charge in [0.2, 0.25) is 0 Å².